The highest BCUT2D eigenvalue weighted by Gasteiger charge is 2.28. The van der Waals surface area contributed by atoms with Gasteiger partial charge in [-0.15, -0.1) is 0 Å². The normalized spacial score (nSPS) is 23.9. The summed E-state index contributed by atoms with van der Waals surface area (Å²) in [6.45, 7) is 5.73. The topological polar surface area (TPSA) is 85.4 Å². The molecule has 1 aromatic rings. The highest BCUT2D eigenvalue weighted by molar-refractivity contribution is 7.89. The first-order valence-corrected chi connectivity index (χ1v) is 8.23. The van der Waals surface area contributed by atoms with Crippen molar-refractivity contribution in [3.8, 4) is 0 Å². The number of nitrogens with two attached hydrogens (primary N) is 1. The van der Waals surface area contributed by atoms with Crippen molar-refractivity contribution < 1.29 is 13.2 Å². The number of carbonyl (C=O) groups is 1. The summed E-state index contributed by atoms with van der Waals surface area (Å²) in [6, 6.07) is 1.35. The summed E-state index contributed by atoms with van der Waals surface area (Å²) in [5, 5.41) is 5.09. The summed E-state index contributed by atoms with van der Waals surface area (Å²) in [5.74, 6) is 0.916. The summed E-state index contributed by atoms with van der Waals surface area (Å²) < 4.78 is 24.2. The second-order valence-corrected chi connectivity index (χ2v) is 7.27. The van der Waals surface area contributed by atoms with Gasteiger partial charge < -0.3 is 9.47 Å². The molecule has 0 aliphatic carbocycles. The first-order chi connectivity index (χ1) is 9.20. The Morgan fingerprint density at radius 2 is 2.00 bits per heavy atom. The van der Waals surface area contributed by atoms with Crippen molar-refractivity contribution in [2.45, 2.75) is 25.2 Å². The lowest BCUT2D eigenvalue weighted by Crippen LogP contribution is -2.42. The molecular formula is C13H21N3O3S. The van der Waals surface area contributed by atoms with Gasteiger partial charge in [-0.25, -0.2) is 13.6 Å². The van der Waals surface area contributed by atoms with Crippen LogP contribution in [-0.4, -0.2) is 36.9 Å². The minimum Gasteiger partial charge on any atom is -0.345 e. The van der Waals surface area contributed by atoms with Crippen molar-refractivity contribution in [1.29, 1.82) is 0 Å². The number of sulfonamides is 1. The summed E-state index contributed by atoms with van der Waals surface area (Å²) in [6.07, 6.45) is 2.35. The molecule has 1 saturated heterocycles. The van der Waals surface area contributed by atoms with Crippen LogP contribution in [0.3, 0.4) is 0 Å². The second-order valence-electron chi connectivity index (χ2n) is 5.71. The quantitative estimate of drug-likeness (QED) is 0.876. The van der Waals surface area contributed by atoms with Crippen molar-refractivity contribution in [2.24, 2.45) is 24.0 Å². The van der Waals surface area contributed by atoms with E-state index in [9.17, 15) is 13.2 Å². The lowest BCUT2D eigenvalue weighted by molar-refractivity contribution is 0.0618. The first kappa shape index (κ1) is 15.1. The third kappa shape index (κ3) is 2.88. The Bertz CT molecular complexity index is 621. The molecule has 2 atom stereocenters. The molecule has 1 aromatic heterocycles. The van der Waals surface area contributed by atoms with Gasteiger partial charge >= 0.3 is 0 Å². The smallest absolute Gasteiger partial charge is 0.270 e. The number of likely N-dealkylation sites (tertiary alicyclic amines) is 1. The molecule has 6 nitrogen and oxygen atoms in total. The average Bonchev–Trinajstić information content (AvgIpc) is 2.74. The van der Waals surface area contributed by atoms with Crippen LogP contribution in [0.2, 0.25) is 0 Å². The molecule has 0 aromatic carbocycles. The fraction of sp³-hybridized carbons (Fsp3) is 0.615. The van der Waals surface area contributed by atoms with E-state index in [0.717, 1.165) is 6.42 Å². The third-order valence-corrected chi connectivity index (χ3v) is 5.03. The first-order valence-electron chi connectivity index (χ1n) is 6.68. The Kier molecular flexibility index (Phi) is 3.93. The minimum absolute atomic E-state index is 0.0261. The predicted molar refractivity (Wildman–Crippen MR) is 75.6 cm³/mol. The number of rotatable bonds is 2. The summed E-state index contributed by atoms with van der Waals surface area (Å²) in [5.41, 5.74) is 0.357. The molecule has 7 heteroatoms. The van der Waals surface area contributed by atoms with E-state index in [2.05, 4.69) is 13.8 Å². The Morgan fingerprint density at radius 1 is 1.35 bits per heavy atom. The second kappa shape index (κ2) is 5.21. The van der Waals surface area contributed by atoms with Crippen LogP contribution in [0.5, 0.6) is 0 Å². The molecule has 20 heavy (non-hydrogen) atoms. The largest absolute Gasteiger partial charge is 0.345 e. The number of hydrogen-bond acceptors (Lipinski definition) is 3. The van der Waals surface area contributed by atoms with E-state index in [-0.39, 0.29) is 10.8 Å². The molecule has 1 amide bonds. The van der Waals surface area contributed by atoms with Crippen molar-refractivity contribution in [2.75, 3.05) is 13.1 Å². The molecule has 2 N–H and O–H groups in total. The number of amides is 1. The van der Waals surface area contributed by atoms with Crippen LogP contribution in [0.25, 0.3) is 0 Å². The van der Waals surface area contributed by atoms with E-state index < -0.39 is 10.0 Å². The van der Waals surface area contributed by atoms with Crippen LogP contribution in [0, 0.1) is 11.8 Å². The molecule has 112 valence electrons. The van der Waals surface area contributed by atoms with E-state index in [1.165, 1.54) is 16.8 Å². The maximum Gasteiger partial charge on any atom is 0.270 e. The molecule has 0 radical (unpaired) electrons. The summed E-state index contributed by atoms with van der Waals surface area (Å²) in [7, 11) is -2.13. The molecule has 0 spiro atoms. The van der Waals surface area contributed by atoms with Crippen LogP contribution in [0.1, 0.15) is 30.8 Å². The number of hydrogen-bond donors (Lipinski definition) is 1. The lowest BCUT2D eigenvalue weighted by atomic mass is 9.88. The maximum absolute atomic E-state index is 12.5. The van der Waals surface area contributed by atoms with Crippen LogP contribution in [0.4, 0.5) is 0 Å². The standard InChI is InChI=1S/C13H21N3O3S/c1-9-4-5-16(7-10(9)2)13(17)12-6-11(8-15(12)3)20(14,18)19/h6,8-10H,4-5,7H2,1-3H3,(H2,14,18,19). The highest BCUT2D eigenvalue weighted by Crippen LogP contribution is 2.24. The molecule has 0 bridgehead atoms. The van der Waals surface area contributed by atoms with Gasteiger partial charge in [0.2, 0.25) is 10.0 Å². The van der Waals surface area contributed by atoms with Crippen molar-refractivity contribution in [1.82, 2.24) is 9.47 Å². The predicted octanol–water partition coefficient (Wildman–Crippen LogP) is 0.791. The number of carbonyl (C=O) groups excluding carboxylic acids is 1. The molecule has 2 rings (SSSR count). The molecule has 1 aliphatic heterocycles. The number of nitrogens with zero attached hydrogens (tertiary/aromatic N) is 2. The van der Waals surface area contributed by atoms with E-state index in [0.29, 0.717) is 30.6 Å². The highest BCUT2D eigenvalue weighted by atomic mass is 32.2. The van der Waals surface area contributed by atoms with Gasteiger partial charge in [0.1, 0.15) is 10.6 Å². The number of aromatic nitrogens is 1. The zero-order valence-electron chi connectivity index (χ0n) is 12.0. The van der Waals surface area contributed by atoms with Crippen LogP contribution < -0.4 is 5.14 Å². The summed E-state index contributed by atoms with van der Waals surface area (Å²) >= 11 is 0. The fourth-order valence-corrected chi connectivity index (χ4v) is 3.09. The van der Waals surface area contributed by atoms with E-state index in [1.54, 1.807) is 11.9 Å². The molecule has 1 fully saturated rings. The van der Waals surface area contributed by atoms with Crippen LogP contribution in [0.15, 0.2) is 17.2 Å². The van der Waals surface area contributed by atoms with E-state index in [4.69, 9.17) is 5.14 Å². The van der Waals surface area contributed by atoms with Crippen molar-refractivity contribution in [3.05, 3.63) is 18.0 Å². The van der Waals surface area contributed by atoms with Gasteiger partial charge in [0.15, 0.2) is 0 Å². The summed E-state index contributed by atoms with van der Waals surface area (Å²) in [4.78, 5) is 14.2. The monoisotopic (exact) mass is 299 g/mol. The lowest BCUT2D eigenvalue weighted by Gasteiger charge is -2.35. The molecular weight excluding hydrogens is 278 g/mol. The van der Waals surface area contributed by atoms with Crippen LogP contribution >= 0.6 is 0 Å². The number of primary sulfonamides is 1. The average molecular weight is 299 g/mol. The SMILES string of the molecule is CC1CCN(C(=O)c2cc(S(N)(=O)=O)cn2C)CC1C. The maximum atomic E-state index is 12.5. The third-order valence-electron chi connectivity index (χ3n) is 4.15. The van der Waals surface area contributed by atoms with Crippen molar-refractivity contribution in [3.63, 3.8) is 0 Å². The Labute approximate surface area is 119 Å². The molecule has 0 saturated carbocycles. The van der Waals surface area contributed by atoms with Crippen molar-refractivity contribution >= 4 is 15.9 Å². The van der Waals surface area contributed by atoms with Gasteiger partial charge in [0.25, 0.3) is 5.91 Å². The Morgan fingerprint density at radius 3 is 2.50 bits per heavy atom. The van der Waals surface area contributed by atoms with E-state index >= 15 is 0 Å². The van der Waals surface area contributed by atoms with Gasteiger partial charge in [0.05, 0.1) is 0 Å². The minimum atomic E-state index is -3.78. The Balaban J connectivity index is 2.24. The van der Waals surface area contributed by atoms with Crippen LogP contribution in [-0.2, 0) is 17.1 Å². The van der Waals surface area contributed by atoms with Gasteiger partial charge in [-0.05, 0) is 24.3 Å². The van der Waals surface area contributed by atoms with Gasteiger partial charge in [-0.1, -0.05) is 13.8 Å². The Hall–Kier alpha value is -1.34. The zero-order valence-corrected chi connectivity index (χ0v) is 12.9. The molecule has 1 aliphatic rings. The molecule has 2 heterocycles. The molecule has 2 unspecified atom stereocenters. The van der Waals surface area contributed by atoms with Gasteiger partial charge in [-0.2, -0.15) is 0 Å². The van der Waals surface area contributed by atoms with Gasteiger partial charge in [-0.3, -0.25) is 4.79 Å². The number of aryl methyl sites for hydroxylation is 1. The van der Waals surface area contributed by atoms with E-state index in [1.807, 2.05) is 0 Å². The number of piperidine rings is 1. The fourth-order valence-electron chi connectivity index (χ4n) is 2.51. The zero-order chi connectivity index (χ0) is 15.1. The van der Waals surface area contributed by atoms with Gasteiger partial charge in [0, 0.05) is 26.3 Å².